The monoisotopic (exact) mass is 378 g/mol. The van der Waals surface area contributed by atoms with Gasteiger partial charge in [0.05, 0.1) is 5.69 Å². The van der Waals surface area contributed by atoms with Gasteiger partial charge in [0.2, 0.25) is 0 Å². The maximum atomic E-state index is 4.49. The van der Waals surface area contributed by atoms with E-state index in [2.05, 4.69) is 69.2 Å². The van der Waals surface area contributed by atoms with E-state index in [1.807, 2.05) is 12.3 Å². The fourth-order valence-electron chi connectivity index (χ4n) is 4.84. The van der Waals surface area contributed by atoms with Gasteiger partial charge in [-0.05, 0) is 57.0 Å². The Morgan fingerprint density at radius 3 is 2.50 bits per heavy atom. The van der Waals surface area contributed by atoms with Gasteiger partial charge in [0.1, 0.15) is 0 Å². The lowest BCUT2D eigenvalue weighted by atomic mass is 9.97. The molecule has 0 amide bonds. The molecule has 1 unspecified atom stereocenters. The van der Waals surface area contributed by atoms with Gasteiger partial charge >= 0.3 is 0 Å². The van der Waals surface area contributed by atoms with Crippen LogP contribution in [0, 0.1) is 0 Å². The number of benzene rings is 1. The van der Waals surface area contributed by atoms with Crippen molar-refractivity contribution in [3.63, 3.8) is 0 Å². The Morgan fingerprint density at radius 2 is 1.75 bits per heavy atom. The van der Waals surface area contributed by atoms with E-state index in [0.29, 0.717) is 6.04 Å². The number of rotatable bonds is 6. The molecule has 0 bridgehead atoms. The lowest BCUT2D eigenvalue weighted by molar-refractivity contribution is 0.0481. The molecule has 0 radical (unpaired) electrons. The average molecular weight is 379 g/mol. The number of likely N-dealkylation sites (N-methyl/N-ethyl adjacent to an activating group) is 1. The summed E-state index contributed by atoms with van der Waals surface area (Å²) < 4.78 is 0. The summed E-state index contributed by atoms with van der Waals surface area (Å²) in [6.45, 7) is 6.96. The van der Waals surface area contributed by atoms with Crippen molar-refractivity contribution in [2.24, 2.45) is 0 Å². The molecule has 1 atom stereocenters. The van der Waals surface area contributed by atoms with Gasteiger partial charge in [0.15, 0.2) is 0 Å². The van der Waals surface area contributed by atoms with Crippen LogP contribution in [0.4, 0.5) is 0 Å². The molecule has 4 rings (SSSR count). The maximum absolute atomic E-state index is 4.49. The number of hydrogen-bond donors (Lipinski definition) is 0. The topological polar surface area (TPSA) is 22.6 Å². The Morgan fingerprint density at radius 1 is 0.964 bits per heavy atom. The molecule has 150 valence electrons. The summed E-state index contributed by atoms with van der Waals surface area (Å²) in [4.78, 5) is 12.4. The first kappa shape index (κ1) is 19.6. The fraction of sp³-hybridized carbons (Fsp3) is 0.542. The molecule has 0 aliphatic carbocycles. The number of likely N-dealkylation sites (tertiary alicyclic amines) is 2. The predicted octanol–water partition coefficient (Wildman–Crippen LogP) is 3.64. The van der Waals surface area contributed by atoms with Gasteiger partial charge in [-0.1, -0.05) is 36.4 Å². The van der Waals surface area contributed by atoms with E-state index < -0.39 is 0 Å². The number of aromatic nitrogens is 1. The summed E-state index contributed by atoms with van der Waals surface area (Å²) in [5, 5.41) is 0. The molecule has 2 fully saturated rings. The fourth-order valence-corrected chi connectivity index (χ4v) is 4.84. The first-order chi connectivity index (χ1) is 13.8. The van der Waals surface area contributed by atoms with Gasteiger partial charge in [-0.2, -0.15) is 0 Å². The van der Waals surface area contributed by atoms with Crippen LogP contribution >= 0.6 is 0 Å². The van der Waals surface area contributed by atoms with Crippen molar-refractivity contribution in [2.45, 2.75) is 50.9 Å². The molecule has 1 aromatic heterocycles. The third-order valence-electron chi connectivity index (χ3n) is 6.51. The van der Waals surface area contributed by atoms with Crippen molar-refractivity contribution in [3.8, 4) is 0 Å². The molecule has 4 heteroatoms. The van der Waals surface area contributed by atoms with Crippen LogP contribution in [0.15, 0.2) is 54.7 Å². The first-order valence-electron chi connectivity index (χ1n) is 10.9. The van der Waals surface area contributed by atoms with Crippen LogP contribution < -0.4 is 0 Å². The minimum Gasteiger partial charge on any atom is -0.299 e. The van der Waals surface area contributed by atoms with E-state index in [-0.39, 0.29) is 0 Å². The SMILES string of the molecule is CN(Cc1ccccc1)C1CCCN(C2CCN(Cc3ccccn3)CC2)C1. The zero-order valence-electron chi connectivity index (χ0n) is 17.2. The standard InChI is InChI=1S/C24H34N4/c1-26(18-21-8-3-2-4-9-21)24-11-7-15-28(20-24)23-12-16-27(17-13-23)19-22-10-5-6-14-25-22/h2-6,8-10,14,23-24H,7,11-13,15-20H2,1H3. The molecule has 4 nitrogen and oxygen atoms in total. The summed E-state index contributed by atoms with van der Waals surface area (Å²) in [5.74, 6) is 0. The molecule has 0 N–H and O–H groups in total. The van der Waals surface area contributed by atoms with Crippen molar-refractivity contribution >= 4 is 0 Å². The van der Waals surface area contributed by atoms with Crippen LogP contribution in [0.2, 0.25) is 0 Å². The third-order valence-corrected chi connectivity index (χ3v) is 6.51. The lowest BCUT2D eigenvalue weighted by Crippen LogP contribution is -2.52. The number of pyridine rings is 1. The molecule has 28 heavy (non-hydrogen) atoms. The molecule has 2 aliphatic heterocycles. The highest BCUT2D eigenvalue weighted by atomic mass is 15.3. The zero-order chi connectivity index (χ0) is 19.2. The highest BCUT2D eigenvalue weighted by Gasteiger charge is 2.30. The first-order valence-corrected chi connectivity index (χ1v) is 10.9. The summed E-state index contributed by atoms with van der Waals surface area (Å²) >= 11 is 0. The summed E-state index contributed by atoms with van der Waals surface area (Å²) in [6, 6.07) is 18.6. The quantitative estimate of drug-likeness (QED) is 0.765. The average Bonchev–Trinajstić information content (AvgIpc) is 2.76. The normalized spacial score (nSPS) is 22.6. The van der Waals surface area contributed by atoms with Crippen LogP contribution in [-0.2, 0) is 13.1 Å². The van der Waals surface area contributed by atoms with Crippen LogP contribution in [0.1, 0.15) is 36.9 Å². The van der Waals surface area contributed by atoms with E-state index in [4.69, 9.17) is 0 Å². The number of hydrogen-bond acceptors (Lipinski definition) is 4. The largest absolute Gasteiger partial charge is 0.299 e. The summed E-state index contributed by atoms with van der Waals surface area (Å²) in [7, 11) is 2.30. The zero-order valence-corrected chi connectivity index (χ0v) is 17.2. The Kier molecular flexibility index (Phi) is 6.73. The Balaban J connectivity index is 1.26. The Hall–Kier alpha value is -1.75. The van der Waals surface area contributed by atoms with Gasteiger partial charge in [-0.25, -0.2) is 0 Å². The van der Waals surface area contributed by atoms with Gasteiger partial charge in [-0.3, -0.25) is 19.7 Å². The molecule has 2 saturated heterocycles. The van der Waals surface area contributed by atoms with Crippen LogP contribution in [0.25, 0.3) is 0 Å². The van der Waals surface area contributed by atoms with Crippen LogP contribution in [0.5, 0.6) is 0 Å². The number of nitrogens with zero attached hydrogens (tertiary/aromatic N) is 4. The molecule has 2 aliphatic rings. The highest BCUT2D eigenvalue weighted by molar-refractivity contribution is 5.14. The van der Waals surface area contributed by atoms with E-state index in [1.54, 1.807) is 0 Å². The Labute approximate surface area is 170 Å². The molecule has 3 heterocycles. The maximum Gasteiger partial charge on any atom is 0.0543 e. The second kappa shape index (κ2) is 9.64. The third kappa shape index (κ3) is 5.19. The van der Waals surface area contributed by atoms with Gasteiger partial charge in [0, 0.05) is 51.0 Å². The highest BCUT2D eigenvalue weighted by Crippen LogP contribution is 2.24. The number of piperidine rings is 2. The molecular formula is C24H34N4. The van der Waals surface area contributed by atoms with Gasteiger partial charge in [0.25, 0.3) is 0 Å². The molecule has 0 saturated carbocycles. The molecular weight excluding hydrogens is 344 g/mol. The minimum absolute atomic E-state index is 0.681. The summed E-state index contributed by atoms with van der Waals surface area (Å²) in [6.07, 6.45) is 7.15. The smallest absolute Gasteiger partial charge is 0.0543 e. The minimum atomic E-state index is 0.681. The molecule has 1 aromatic carbocycles. The van der Waals surface area contributed by atoms with Crippen LogP contribution in [-0.4, -0.2) is 65.0 Å². The Bertz CT molecular complexity index is 697. The molecule has 0 spiro atoms. The van der Waals surface area contributed by atoms with Crippen molar-refractivity contribution in [3.05, 3.63) is 66.0 Å². The van der Waals surface area contributed by atoms with Gasteiger partial charge in [-0.15, -0.1) is 0 Å². The van der Waals surface area contributed by atoms with Crippen LogP contribution in [0.3, 0.4) is 0 Å². The van der Waals surface area contributed by atoms with Crippen molar-refractivity contribution in [2.75, 3.05) is 33.2 Å². The van der Waals surface area contributed by atoms with E-state index in [9.17, 15) is 0 Å². The lowest BCUT2D eigenvalue weighted by Gasteiger charge is -2.44. The van der Waals surface area contributed by atoms with Gasteiger partial charge < -0.3 is 0 Å². The second-order valence-corrected chi connectivity index (χ2v) is 8.52. The van der Waals surface area contributed by atoms with Crippen molar-refractivity contribution in [1.82, 2.24) is 19.7 Å². The predicted molar refractivity (Wildman–Crippen MR) is 115 cm³/mol. The summed E-state index contributed by atoms with van der Waals surface area (Å²) in [5.41, 5.74) is 2.62. The van der Waals surface area contributed by atoms with Crippen molar-refractivity contribution < 1.29 is 0 Å². The van der Waals surface area contributed by atoms with Crippen molar-refractivity contribution in [1.29, 1.82) is 0 Å². The van der Waals surface area contributed by atoms with E-state index in [1.165, 1.54) is 63.1 Å². The van der Waals surface area contributed by atoms with E-state index in [0.717, 1.165) is 19.1 Å². The second-order valence-electron chi connectivity index (χ2n) is 8.52. The van der Waals surface area contributed by atoms with E-state index >= 15 is 0 Å². The molecule has 2 aromatic rings.